The van der Waals surface area contributed by atoms with E-state index in [1.807, 2.05) is 49.4 Å². The minimum atomic E-state index is -0.0260. The molecule has 1 aromatic heterocycles. The summed E-state index contributed by atoms with van der Waals surface area (Å²) in [5, 5.41) is 13.7. The fourth-order valence-corrected chi connectivity index (χ4v) is 3.43. The molecule has 3 aromatic rings. The predicted molar refractivity (Wildman–Crippen MR) is 112 cm³/mol. The second kappa shape index (κ2) is 8.59. The number of aryl methyl sites for hydroxylation is 1. The Morgan fingerprint density at radius 2 is 2.00 bits per heavy atom. The summed E-state index contributed by atoms with van der Waals surface area (Å²) in [6, 6.07) is 13.9. The van der Waals surface area contributed by atoms with Crippen molar-refractivity contribution in [3.63, 3.8) is 0 Å². The van der Waals surface area contributed by atoms with Crippen LogP contribution in [0.2, 0.25) is 0 Å². The monoisotopic (exact) mass is 430 g/mol. The average molecular weight is 431 g/mol. The van der Waals surface area contributed by atoms with Gasteiger partial charge >= 0.3 is 0 Å². The van der Waals surface area contributed by atoms with Crippen LogP contribution in [0.5, 0.6) is 11.5 Å². The highest BCUT2D eigenvalue weighted by Gasteiger charge is 2.15. The standard InChI is InChI=1S/C21H23BrN2O3/c1-13-11-18(17-5-4-6-19(26-3)21(17)23-13)24-14(2)16-8-7-15(22)12-20(16)27-10-9-25/h4-8,11-12,14,25H,9-10H2,1-3H3,(H,23,24). The van der Waals surface area contributed by atoms with Crippen LogP contribution in [0.15, 0.2) is 46.9 Å². The molecule has 0 spiro atoms. The zero-order chi connectivity index (χ0) is 19.4. The fourth-order valence-electron chi connectivity index (χ4n) is 3.09. The van der Waals surface area contributed by atoms with Crippen molar-refractivity contribution < 1.29 is 14.6 Å². The molecule has 0 saturated carbocycles. The molecule has 27 heavy (non-hydrogen) atoms. The molecule has 142 valence electrons. The van der Waals surface area contributed by atoms with Crippen molar-refractivity contribution in [3.8, 4) is 11.5 Å². The summed E-state index contributed by atoms with van der Waals surface area (Å²) in [6.07, 6.45) is 0. The number of aliphatic hydroxyl groups excluding tert-OH is 1. The van der Waals surface area contributed by atoms with Gasteiger partial charge in [-0.1, -0.05) is 34.1 Å². The van der Waals surface area contributed by atoms with Gasteiger partial charge in [-0.3, -0.25) is 0 Å². The van der Waals surface area contributed by atoms with E-state index >= 15 is 0 Å². The molecule has 0 fully saturated rings. The van der Waals surface area contributed by atoms with Crippen LogP contribution in [0.3, 0.4) is 0 Å². The third-order valence-corrected chi connectivity index (χ3v) is 4.81. The van der Waals surface area contributed by atoms with E-state index in [4.69, 9.17) is 14.6 Å². The number of fused-ring (bicyclic) bond motifs is 1. The number of methoxy groups -OCH3 is 1. The van der Waals surface area contributed by atoms with E-state index in [9.17, 15) is 0 Å². The zero-order valence-electron chi connectivity index (χ0n) is 15.6. The van der Waals surface area contributed by atoms with E-state index in [0.717, 1.165) is 43.8 Å². The first-order valence-corrected chi connectivity index (χ1v) is 9.56. The van der Waals surface area contributed by atoms with Crippen molar-refractivity contribution in [1.82, 2.24) is 4.98 Å². The second-order valence-corrected chi connectivity index (χ2v) is 7.20. The second-order valence-electron chi connectivity index (χ2n) is 6.29. The summed E-state index contributed by atoms with van der Waals surface area (Å²) >= 11 is 3.48. The first-order valence-electron chi connectivity index (χ1n) is 8.77. The van der Waals surface area contributed by atoms with E-state index in [2.05, 4.69) is 33.2 Å². The average Bonchev–Trinajstić information content (AvgIpc) is 2.65. The molecule has 0 aliphatic rings. The number of ether oxygens (including phenoxy) is 2. The Balaban J connectivity index is 1.98. The summed E-state index contributed by atoms with van der Waals surface area (Å²) in [5.74, 6) is 1.49. The first kappa shape index (κ1) is 19.5. The highest BCUT2D eigenvalue weighted by atomic mass is 79.9. The van der Waals surface area contributed by atoms with Crippen LogP contribution in [0.4, 0.5) is 5.69 Å². The van der Waals surface area contributed by atoms with Gasteiger partial charge < -0.3 is 19.9 Å². The van der Waals surface area contributed by atoms with Gasteiger partial charge in [0.2, 0.25) is 0 Å². The Kier molecular flexibility index (Phi) is 6.19. The summed E-state index contributed by atoms with van der Waals surface area (Å²) in [6.45, 7) is 4.28. The van der Waals surface area contributed by atoms with Crippen LogP contribution in [0.1, 0.15) is 24.2 Å². The number of rotatable bonds is 7. The normalized spacial score (nSPS) is 12.0. The minimum Gasteiger partial charge on any atom is -0.494 e. The summed E-state index contributed by atoms with van der Waals surface area (Å²) in [5.41, 5.74) is 3.74. The Labute approximate surface area is 167 Å². The first-order chi connectivity index (χ1) is 13.0. The highest BCUT2D eigenvalue weighted by Crippen LogP contribution is 2.34. The summed E-state index contributed by atoms with van der Waals surface area (Å²) < 4.78 is 12.1. The lowest BCUT2D eigenvalue weighted by atomic mass is 10.1. The van der Waals surface area contributed by atoms with Gasteiger partial charge in [-0.15, -0.1) is 0 Å². The Bertz CT molecular complexity index is 946. The molecule has 3 rings (SSSR count). The maximum Gasteiger partial charge on any atom is 0.145 e. The number of hydrogen-bond acceptors (Lipinski definition) is 5. The molecular formula is C21H23BrN2O3. The Morgan fingerprint density at radius 3 is 2.74 bits per heavy atom. The molecule has 0 amide bonds. The van der Waals surface area contributed by atoms with Crippen molar-refractivity contribution in [1.29, 1.82) is 0 Å². The van der Waals surface area contributed by atoms with Gasteiger partial charge in [-0.05, 0) is 38.1 Å². The smallest absolute Gasteiger partial charge is 0.145 e. The largest absolute Gasteiger partial charge is 0.494 e. The number of para-hydroxylation sites is 1. The lowest BCUT2D eigenvalue weighted by molar-refractivity contribution is 0.200. The molecular weight excluding hydrogens is 408 g/mol. The van der Waals surface area contributed by atoms with E-state index in [1.54, 1.807) is 7.11 Å². The number of aliphatic hydroxyl groups is 1. The van der Waals surface area contributed by atoms with Crippen LogP contribution < -0.4 is 14.8 Å². The number of nitrogens with one attached hydrogen (secondary N) is 1. The van der Waals surface area contributed by atoms with Gasteiger partial charge in [0.1, 0.15) is 23.6 Å². The van der Waals surface area contributed by atoms with Crippen LogP contribution in [-0.2, 0) is 0 Å². The number of benzene rings is 2. The van der Waals surface area contributed by atoms with Gasteiger partial charge in [0.15, 0.2) is 0 Å². The molecule has 1 unspecified atom stereocenters. The number of nitrogens with zero attached hydrogens (tertiary/aromatic N) is 1. The van der Waals surface area contributed by atoms with Gasteiger partial charge in [0, 0.05) is 26.8 Å². The minimum absolute atomic E-state index is 0.0111. The quantitative estimate of drug-likeness (QED) is 0.560. The third kappa shape index (κ3) is 4.34. The SMILES string of the molecule is COc1cccc2c(NC(C)c3ccc(Br)cc3OCCO)cc(C)nc12. The highest BCUT2D eigenvalue weighted by molar-refractivity contribution is 9.10. The zero-order valence-corrected chi connectivity index (χ0v) is 17.2. The Hall–Kier alpha value is -2.31. The molecule has 6 heteroatoms. The molecule has 2 aromatic carbocycles. The van der Waals surface area contributed by atoms with Gasteiger partial charge in [-0.25, -0.2) is 4.98 Å². The molecule has 2 N–H and O–H groups in total. The molecule has 1 heterocycles. The number of aromatic nitrogens is 1. The number of anilines is 1. The predicted octanol–water partition coefficient (Wildman–Crippen LogP) is 4.86. The van der Waals surface area contributed by atoms with Crippen LogP contribution in [-0.4, -0.2) is 30.4 Å². The summed E-state index contributed by atoms with van der Waals surface area (Å²) in [7, 11) is 1.65. The van der Waals surface area contributed by atoms with Gasteiger partial charge in [-0.2, -0.15) is 0 Å². The van der Waals surface area contributed by atoms with Gasteiger partial charge in [0.05, 0.1) is 19.8 Å². The fraction of sp³-hybridized carbons (Fsp3) is 0.286. The lowest BCUT2D eigenvalue weighted by Crippen LogP contribution is -2.11. The van der Waals surface area contributed by atoms with Crippen molar-refractivity contribution in [3.05, 3.63) is 58.2 Å². The topological polar surface area (TPSA) is 63.6 Å². The molecule has 0 aliphatic heterocycles. The van der Waals surface area contributed by atoms with Crippen molar-refractivity contribution in [2.75, 3.05) is 25.6 Å². The summed E-state index contributed by atoms with van der Waals surface area (Å²) in [4.78, 5) is 4.63. The number of hydrogen-bond donors (Lipinski definition) is 2. The van der Waals surface area contributed by atoms with Crippen LogP contribution >= 0.6 is 15.9 Å². The van der Waals surface area contributed by atoms with E-state index in [-0.39, 0.29) is 19.3 Å². The molecule has 5 nitrogen and oxygen atoms in total. The molecule has 0 radical (unpaired) electrons. The van der Waals surface area contributed by atoms with Crippen molar-refractivity contribution >= 4 is 32.5 Å². The molecule has 0 bridgehead atoms. The van der Waals surface area contributed by atoms with E-state index in [0.29, 0.717) is 0 Å². The van der Waals surface area contributed by atoms with Crippen molar-refractivity contribution in [2.24, 2.45) is 0 Å². The van der Waals surface area contributed by atoms with E-state index in [1.165, 1.54) is 0 Å². The lowest BCUT2D eigenvalue weighted by Gasteiger charge is -2.21. The maximum atomic E-state index is 9.09. The maximum absolute atomic E-state index is 9.09. The Morgan fingerprint density at radius 1 is 1.19 bits per heavy atom. The van der Waals surface area contributed by atoms with Crippen molar-refractivity contribution in [2.45, 2.75) is 19.9 Å². The number of pyridine rings is 1. The van der Waals surface area contributed by atoms with Crippen LogP contribution in [0.25, 0.3) is 10.9 Å². The van der Waals surface area contributed by atoms with Gasteiger partial charge in [0.25, 0.3) is 0 Å². The van der Waals surface area contributed by atoms with E-state index < -0.39 is 0 Å². The third-order valence-electron chi connectivity index (χ3n) is 4.31. The molecule has 0 aliphatic carbocycles. The molecule has 1 atom stereocenters. The van der Waals surface area contributed by atoms with Crippen LogP contribution in [0, 0.1) is 6.92 Å². The molecule has 0 saturated heterocycles. The number of halogens is 1.